The van der Waals surface area contributed by atoms with E-state index in [4.69, 9.17) is 9.47 Å². The number of ether oxygens (including phenoxy) is 2. The molecule has 0 aromatic heterocycles. The molecule has 0 unspecified atom stereocenters. The summed E-state index contributed by atoms with van der Waals surface area (Å²) in [5.74, 6) is -1.27. The van der Waals surface area contributed by atoms with Crippen molar-refractivity contribution in [2.75, 3.05) is 18.5 Å². The van der Waals surface area contributed by atoms with Gasteiger partial charge in [0.25, 0.3) is 11.6 Å². The highest BCUT2D eigenvalue weighted by Gasteiger charge is 2.35. The average molecular weight is 660 g/mol. The van der Waals surface area contributed by atoms with Crippen molar-refractivity contribution in [2.24, 2.45) is 0 Å². The van der Waals surface area contributed by atoms with Gasteiger partial charge in [0.2, 0.25) is 5.91 Å². The van der Waals surface area contributed by atoms with E-state index in [-0.39, 0.29) is 23.7 Å². The third-order valence-corrected chi connectivity index (χ3v) is 6.39. The minimum atomic E-state index is -0.789. The number of non-ortho nitro benzene ring substituents is 1. The van der Waals surface area contributed by atoms with Crippen molar-refractivity contribution in [3.63, 3.8) is 0 Å². The smallest absolute Gasteiger partial charge is 0.329 e. The Labute approximate surface area is 241 Å². The van der Waals surface area contributed by atoms with Crippen molar-refractivity contribution in [2.45, 2.75) is 13.5 Å². The van der Waals surface area contributed by atoms with Crippen molar-refractivity contribution >= 4 is 57.9 Å². The first-order valence-electron chi connectivity index (χ1n) is 11.9. The number of anilines is 1. The van der Waals surface area contributed by atoms with Crippen molar-refractivity contribution in [3.8, 4) is 11.5 Å². The number of halogens is 2. The van der Waals surface area contributed by atoms with Crippen LogP contribution in [0.3, 0.4) is 0 Å². The summed E-state index contributed by atoms with van der Waals surface area (Å²) in [6.07, 6.45) is 1.44. The summed E-state index contributed by atoms with van der Waals surface area (Å²) < 4.78 is 26.2. The molecule has 0 saturated carbocycles. The second-order valence-corrected chi connectivity index (χ2v) is 9.54. The Balaban J connectivity index is 1.48. The van der Waals surface area contributed by atoms with Gasteiger partial charge in [0.05, 0.1) is 20.8 Å². The number of benzene rings is 3. The molecule has 206 valence electrons. The summed E-state index contributed by atoms with van der Waals surface area (Å²) in [7, 11) is 0. The molecule has 1 heterocycles. The van der Waals surface area contributed by atoms with Gasteiger partial charge in [-0.1, -0.05) is 12.1 Å². The number of nitro groups is 1. The Bertz CT molecular complexity index is 1510. The maximum atomic E-state index is 13.8. The Morgan fingerprint density at radius 3 is 2.55 bits per heavy atom. The Kier molecular flexibility index (Phi) is 8.93. The van der Waals surface area contributed by atoms with Crippen LogP contribution in [-0.2, 0) is 16.2 Å². The van der Waals surface area contributed by atoms with Crippen molar-refractivity contribution < 1.29 is 33.2 Å². The molecule has 0 radical (unpaired) electrons. The van der Waals surface area contributed by atoms with Crippen molar-refractivity contribution in [1.82, 2.24) is 10.2 Å². The zero-order valence-electron chi connectivity index (χ0n) is 21.0. The molecule has 40 heavy (non-hydrogen) atoms. The molecule has 3 aromatic rings. The standard InChI is InChI=1S/C27H22FIN4O7/c1-2-39-23-13-17(11-20(29)25(23)40-15-16-7-9-18(10-8-16)33(37)38)12-22-26(35)32(27(36)31-22)14-24(34)30-21-6-4-3-5-19(21)28/h3-13H,2,14-15H2,1H3,(H,30,34)(H,31,36)/b22-12+. The number of nitrogens with one attached hydrogen (secondary N) is 2. The first-order valence-corrected chi connectivity index (χ1v) is 13.0. The van der Waals surface area contributed by atoms with Crippen molar-refractivity contribution in [3.05, 3.63) is 97.0 Å². The SMILES string of the molecule is CCOc1cc(/C=C2/NC(=O)N(CC(=O)Nc3ccccc3F)C2=O)cc(I)c1OCc1ccc([N+](=O)[O-])cc1. The Hall–Kier alpha value is -4.53. The van der Waals surface area contributed by atoms with E-state index in [1.165, 1.54) is 42.5 Å². The van der Waals surface area contributed by atoms with Crippen LogP contribution in [0.4, 0.5) is 20.6 Å². The second-order valence-electron chi connectivity index (χ2n) is 8.38. The highest BCUT2D eigenvalue weighted by atomic mass is 127. The summed E-state index contributed by atoms with van der Waals surface area (Å²) in [5.41, 5.74) is 1.10. The predicted molar refractivity (Wildman–Crippen MR) is 151 cm³/mol. The van der Waals surface area contributed by atoms with Crippen LogP contribution in [-0.4, -0.2) is 40.8 Å². The highest BCUT2D eigenvalue weighted by molar-refractivity contribution is 14.1. The van der Waals surface area contributed by atoms with Gasteiger partial charge >= 0.3 is 6.03 Å². The van der Waals surface area contributed by atoms with E-state index < -0.39 is 35.1 Å². The van der Waals surface area contributed by atoms with E-state index in [1.54, 1.807) is 31.2 Å². The quantitative estimate of drug-likeness (QED) is 0.104. The molecule has 0 atom stereocenters. The molecule has 0 bridgehead atoms. The molecule has 1 saturated heterocycles. The predicted octanol–water partition coefficient (Wildman–Crippen LogP) is 4.85. The number of amides is 4. The summed E-state index contributed by atoms with van der Waals surface area (Å²) in [6.45, 7) is 1.65. The van der Waals surface area contributed by atoms with E-state index in [0.29, 0.717) is 32.8 Å². The van der Waals surface area contributed by atoms with Gasteiger partial charge in [-0.25, -0.2) is 14.1 Å². The first kappa shape index (κ1) is 28.5. The van der Waals surface area contributed by atoms with E-state index in [2.05, 4.69) is 10.6 Å². The van der Waals surface area contributed by atoms with Crippen LogP contribution in [0.25, 0.3) is 6.08 Å². The number of imide groups is 1. The van der Waals surface area contributed by atoms with Crippen LogP contribution in [0.1, 0.15) is 18.1 Å². The fourth-order valence-corrected chi connectivity index (χ4v) is 4.50. The van der Waals surface area contributed by atoms with Gasteiger partial charge in [-0.15, -0.1) is 0 Å². The lowest BCUT2D eigenvalue weighted by Crippen LogP contribution is -2.38. The number of para-hydroxylation sites is 1. The topological polar surface area (TPSA) is 140 Å². The minimum Gasteiger partial charge on any atom is -0.490 e. The van der Waals surface area contributed by atoms with Crippen LogP contribution in [0, 0.1) is 19.5 Å². The van der Waals surface area contributed by atoms with Gasteiger partial charge in [-0.3, -0.25) is 19.7 Å². The summed E-state index contributed by atoms with van der Waals surface area (Å²) in [5, 5.41) is 15.7. The molecule has 1 aliphatic rings. The van der Waals surface area contributed by atoms with E-state index in [0.717, 1.165) is 4.90 Å². The second kappa shape index (κ2) is 12.5. The Morgan fingerprint density at radius 2 is 1.88 bits per heavy atom. The van der Waals surface area contributed by atoms with Crippen LogP contribution in [0.5, 0.6) is 11.5 Å². The number of nitro benzene ring substituents is 1. The van der Waals surface area contributed by atoms with Gasteiger partial charge in [-0.05, 0) is 83.1 Å². The van der Waals surface area contributed by atoms with Crippen molar-refractivity contribution in [1.29, 1.82) is 0 Å². The number of nitrogens with zero attached hydrogens (tertiary/aromatic N) is 2. The number of hydrogen-bond acceptors (Lipinski definition) is 7. The number of carbonyl (C=O) groups is 3. The summed E-state index contributed by atoms with van der Waals surface area (Å²) in [4.78, 5) is 48.8. The molecule has 1 fully saturated rings. The molecular weight excluding hydrogens is 638 g/mol. The lowest BCUT2D eigenvalue weighted by molar-refractivity contribution is -0.384. The molecular formula is C27H22FIN4O7. The highest BCUT2D eigenvalue weighted by Crippen LogP contribution is 2.36. The van der Waals surface area contributed by atoms with Gasteiger partial charge in [0, 0.05) is 12.1 Å². The van der Waals surface area contributed by atoms with Gasteiger partial charge < -0.3 is 20.1 Å². The summed E-state index contributed by atoms with van der Waals surface area (Å²) in [6, 6.07) is 14.1. The average Bonchev–Trinajstić information content (AvgIpc) is 3.17. The molecule has 1 aliphatic heterocycles. The normalized spacial score (nSPS) is 13.8. The molecule has 2 N–H and O–H groups in total. The zero-order chi connectivity index (χ0) is 28.8. The zero-order valence-corrected chi connectivity index (χ0v) is 23.1. The lowest BCUT2D eigenvalue weighted by Gasteiger charge is -2.15. The minimum absolute atomic E-state index is 0.0245. The number of carbonyl (C=O) groups excluding carboxylic acids is 3. The fourth-order valence-electron chi connectivity index (χ4n) is 3.72. The molecule has 13 heteroatoms. The van der Waals surface area contributed by atoms with Crippen LogP contribution in [0.2, 0.25) is 0 Å². The Morgan fingerprint density at radius 1 is 1.15 bits per heavy atom. The fraction of sp³-hybridized carbons (Fsp3) is 0.148. The monoisotopic (exact) mass is 660 g/mol. The van der Waals surface area contributed by atoms with Gasteiger partial charge in [0.1, 0.15) is 24.7 Å². The molecule has 0 spiro atoms. The lowest BCUT2D eigenvalue weighted by atomic mass is 10.1. The summed E-state index contributed by atoms with van der Waals surface area (Å²) >= 11 is 2.05. The first-order chi connectivity index (χ1) is 19.2. The maximum absolute atomic E-state index is 13.8. The number of urea groups is 1. The van der Waals surface area contributed by atoms with E-state index in [1.807, 2.05) is 22.6 Å². The third kappa shape index (κ3) is 6.72. The molecule has 4 rings (SSSR count). The number of rotatable bonds is 10. The largest absolute Gasteiger partial charge is 0.490 e. The van der Waals surface area contributed by atoms with Gasteiger partial charge in [-0.2, -0.15) is 0 Å². The maximum Gasteiger partial charge on any atom is 0.329 e. The number of hydrogen-bond donors (Lipinski definition) is 2. The van der Waals surface area contributed by atoms with Crippen LogP contribution < -0.4 is 20.1 Å². The third-order valence-electron chi connectivity index (χ3n) is 5.59. The van der Waals surface area contributed by atoms with Crippen LogP contribution in [0.15, 0.2) is 66.4 Å². The molecule has 3 aromatic carbocycles. The van der Waals surface area contributed by atoms with Crippen LogP contribution >= 0.6 is 22.6 Å². The van der Waals surface area contributed by atoms with E-state index in [9.17, 15) is 28.9 Å². The molecule has 11 nitrogen and oxygen atoms in total. The molecule has 0 aliphatic carbocycles. The van der Waals surface area contributed by atoms with Gasteiger partial charge in [0.15, 0.2) is 11.5 Å². The van der Waals surface area contributed by atoms with E-state index >= 15 is 0 Å². The molecule has 4 amide bonds.